The van der Waals surface area contributed by atoms with Crippen LogP contribution in [0.3, 0.4) is 0 Å². The van der Waals surface area contributed by atoms with E-state index in [2.05, 4.69) is 24.8 Å². The van der Waals surface area contributed by atoms with Gasteiger partial charge in [0.1, 0.15) is 0 Å². The molecule has 0 bridgehead atoms. The molecule has 1 aromatic carbocycles. The number of rotatable bonds is 8. The van der Waals surface area contributed by atoms with Crippen LogP contribution in [0.5, 0.6) is 0 Å². The maximum Gasteiger partial charge on any atom is 0.272 e. The van der Waals surface area contributed by atoms with Crippen molar-refractivity contribution in [3.05, 3.63) is 39.9 Å². The second-order valence-electron chi connectivity index (χ2n) is 5.24. The SMILES string of the molecule is CC(C)CN(CCC#N)CCc1ccccc1[N+](=O)[O-]. The smallest absolute Gasteiger partial charge is 0.272 e. The van der Waals surface area contributed by atoms with E-state index in [1.165, 1.54) is 6.07 Å². The van der Waals surface area contributed by atoms with Crippen LogP contribution in [0.1, 0.15) is 25.8 Å². The van der Waals surface area contributed by atoms with Crippen LogP contribution < -0.4 is 0 Å². The van der Waals surface area contributed by atoms with Crippen LogP contribution in [-0.4, -0.2) is 29.5 Å². The van der Waals surface area contributed by atoms with Crippen LogP contribution in [0.2, 0.25) is 0 Å². The van der Waals surface area contributed by atoms with Gasteiger partial charge in [-0.1, -0.05) is 32.0 Å². The third-order valence-electron chi connectivity index (χ3n) is 3.05. The fourth-order valence-electron chi connectivity index (χ4n) is 2.20. The van der Waals surface area contributed by atoms with Crippen LogP contribution in [0.25, 0.3) is 0 Å². The predicted molar refractivity (Wildman–Crippen MR) is 78.3 cm³/mol. The summed E-state index contributed by atoms with van der Waals surface area (Å²) in [5.74, 6) is 0.513. The molecule has 0 atom stereocenters. The van der Waals surface area contributed by atoms with Crippen molar-refractivity contribution in [3.8, 4) is 6.07 Å². The zero-order valence-electron chi connectivity index (χ0n) is 12.1. The number of benzene rings is 1. The Morgan fingerprint density at radius 1 is 1.35 bits per heavy atom. The standard InChI is InChI=1S/C15H21N3O2/c1-13(2)12-17(10-5-9-16)11-8-14-6-3-4-7-15(14)18(19)20/h3-4,6-7,13H,5,8,10-12H2,1-2H3. The largest absolute Gasteiger partial charge is 0.302 e. The molecule has 5 nitrogen and oxygen atoms in total. The maximum absolute atomic E-state index is 11.0. The summed E-state index contributed by atoms with van der Waals surface area (Å²) in [6.07, 6.45) is 1.12. The lowest BCUT2D eigenvalue weighted by molar-refractivity contribution is -0.385. The van der Waals surface area contributed by atoms with Gasteiger partial charge in [0.15, 0.2) is 0 Å². The molecule has 0 saturated heterocycles. The highest BCUT2D eigenvalue weighted by molar-refractivity contribution is 5.39. The van der Waals surface area contributed by atoms with Crippen molar-refractivity contribution in [1.29, 1.82) is 5.26 Å². The Morgan fingerprint density at radius 2 is 2.05 bits per heavy atom. The van der Waals surface area contributed by atoms with Crippen LogP contribution in [0.15, 0.2) is 24.3 Å². The summed E-state index contributed by atoms with van der Waals surface area (Å²) in [7, 11) is 0. The Kier molecular flexibility index (Phi) is 6.68. The molecular weight excluding hydrogens is 254 g/mol. The molecular formula is C15H21N3O2. The third-order valence-corrected chi connectivity index (χ3v) is 3.05. The second-order valence-corrected chi connectivity index (χ2v) is 5.24. The van der Waals surface area contributed by atoms with Crippen molar-refractivity contribution < 1.29 is 4.92 Å². The van der Waals surface area contributed by atoms with Crippen molar-refractivity contribution in [2.45, 2.75) is 26.7 Å². The number of hydrogen-bond acceptors (Lipinski definition) is 4. The van der Waals surface area contributed by atoms with E-state index in [1.807, 2.05) is 6.07 Å². The van der Waals surface area contributed by atoms with Crippen molar-refractivity contribution >= 4 is 5.69 Å². The lowest BCUT2D eigenvalue weighted by Crippen LogP contribution is -2.31. The van der Waals surface area contributed by atoms with Crippen molar-refractivity contribution in [2.75, 3.05) is 19.6 Å². The number of para-hydroxylation sites is 1. The van der Waals surface area contributed by atoms with E-state index in [-0.39, 0.29) is 10.6 Å². The summed E-state index contributed by atoms with van der Waals surface area (Å²) in [6.45, 7) is 6.62. The summed E-state index contributed by atoms with van der Waals surface area (Å²) in [6, 6.07) is 9.00. The fourth-order valence-corrected chi connectivity index (χ4v) is 2.20. The molecule has 1 rings (SSSR count). The van der Waals surface area contributed by atoms with Crippen molar-refractivity contribution in [3.63, 3.8) is 0 Å². The Balaban J connectivity index is 2.67. The first-order valence-electron chi connectivity index (χ1n) is 6.86. The van der Waals surface area contributed by atoms with E-state index in [1.54, 1.807) is 12.1 Å². The first kappa shape index (κ1) is 16.1. The zero-order chi connectivity index (χ0) is 15.0. The molecule has 0 aliphatic heterocycles. The molecule has 0 spiro atoms. The van der Waals surface area contributed by atoms with Gasteiger partial charge in [-0.05, 0) is 12.3 Å². The van der Waals surface area contributed by atoms with Crippen molar-refractivity contribution in [1.82, 2.24) is 4.90 Å². The van der Waals surface area contributed by atoms with E-state index in [0.717, 1.165) is 25.2 Å². The highest BCUT2D eigenvalue weighted by atomic mass is 16.6. The molecule has 0 unspecified atom stereocenters. The van der Waals surface area contributed by atoms with Gasteiger partial charge in [-0.3, -0.25) is 10.1 Å². The maximum atomic E-state index is 11.0. The van der Waals surface area contributed by atoms with Gasteiger partial charge < -0.3 is 4.90 Å². The summed E-state index contributed by atoms with van der Waals surface area (Å²) in [5.41, 5.74) is 0.931. The highest BCUT2D eigenvalue weighted by Gasteiger charge is 2.14. The number of hydrogen-bond donors (Lipinski definition) is 0. The molecule has 0 radical (unpaired) electrons. The van der Waals surface area contributed by atoms with Gasteiger partial charge in [0.05, 0.1) is 11.0 Å². The zero-order valence-corrected chi connectivity index (χ0v) is 12.1. The minimum Gasteiger partial charge on any atom is -0.302 e. The molecule has 5 heteroatoms. The van der Waals surface area contributed by atoms with Gasteiger partial charge in [-0.25, -0.2) is 0 Å². The second kappa shape index (κ2) is 8.28. The third kappa shape index (κ3) is 5.37. The molecule has 0 aliphatic carbocycles. The van der Waals surface area contributed by atoms with Crippen molar-refractivity contribution in [2.24, 2.45) is 5.92 Å². The van der Waals surface area contributed by atoms with Crippen LogP contribution in [-0.2, 0) is 6.42 Å². The quantitative estimate of drug-likeness (QED) is 0.540. The summed E-state index contributed by atoms with van der Waals surface area (Å²) in [4.78, 5) is 12.8. The minimum atomic E-state index is -0.336. The normalized spacial score (nSPS) is 10.8. The Hall–Kier alpha value is -1.93. The van der Waals surface area contributed by atoms with E-state index in [9.17, 15) is 10.1 Å². The first-order valence-corrected chi connectivity index (χ1v) is 6.86. The number of nitrogens with zero attached hydrogens (tertiary/aromatic N) is 3. The molecule has 0 aliphatic rings. The van der Waals surface area contributed by atoms with E-state index in [0.29, 0.717) is 18.8 Å². The Labute approximate surface area is 120 Å². The highest BCUT2D eigenvalue weighted by Crippen LogP contribution is 2.18. The van der Waals surface area contributed by atoms with Gasteiger partial charge in [-0.15, -0.1) is 0 Å². The fraction of sp³-hybridized carbons (Fsp3) is 0.533. The summed E-state index contributed by atoms with van der Waals surface area (Å²) in [5, 5.41) is 19.7. The lowest BCUT2D eigenvalue weighted by Gasteiger charge is -2.23. The summed E-state index contributed by atoms with van der Waals surface area (Å²) >= 11 is 0. The summed E-state index contributed by atoms with van der Waals surface area (Å²) < 4.78 is 0. The molecule has 0 saturated carbocycles. The lowest BCUT2D eigenvalue weighted by atomic mass is 10.1. The molecule has 20 heavy (non-hydrogen) atoms. The molecule has 1 aromatic rings. The molecule has 0 N–H and O–H groups in total. The molecule has 0 fully saturated rings. The van der Waals surface area contributed by atoms with Gasteiger partial charge in [0.2, 0.25) is 0 Å². The number of nitro groups is 1. The van der Waals surface area contributed by atoms with E-state index in [4.69, 9.17) is 5.26 Å². The average Bonchev–Trinajstić information content (AvgIpc) is 2.41. The van der Waals surface area contributed by atoms with Crippen LogP contribution in [0.4, 0.5) is 5.69 Å². The minimum absolute atomic E-state index is 0.178. The molecule has 108 valence electrons. The number of nitriles is 1. The molecule has 0 amide bonds. The van der Waals surface area contributed by atoms with Gasteiger partial charge in [0.25, 0.3) is 5.69 Å². The first-order chi connectivity index (χ1) is 9.54. The van der Waals surface area contributed by atoms with Gasteiger partial charge in [-0.2, -0.15) is 5.26 Å². The van der Waals surface area contributed by atoms with Gasteiger partial charge in [0, 0.05) is 37.7 Å². The predicted octanol–water partition coefficient (Wildman–Crippen LogP) is 3.01. The van der Waals surface area contributed by atoms with Crippen LogP contribution in [0, 0.1) is 27.4 Å². The monoisotopic (exact) mass is 275 g/mol. The van der Waals surface area contributed by atoms with E-state index >= 15 is 0 Å². The number of nitro benzene ring substituents is 1. The molecule has 0 heterocycles. The van der Waals surface area contributed by atoms with Crippen LogP contribution >= 0.6 is 0 Å². The Morgan fingerprint density at radius 3 is 2.65 bits per heavy atom. The molecule has 0 aromatic heterocycles. The topological polar surface area (TPSA) is 70.2 Å². The Bertz CT molecular complexity index is 480. The van der Waals surface area contributed by atoms with E-state index < -0.39 is 0 Å². The van der Waals surface area contributed by atoms with Gasteiger partial charge >= 0.3 is 0 Å². The average molecular weight is 275 g/mol.